The number of hydrogen-bond acceptors (Lipinski definition) is 2. The van der Waals surface area contributed by atoms with Crippen molar-refractivity contribution in [2.24, 2.45) is 0 Å². The average Bonchev–Trinajstić information content (AvgIpc) is 2.92. The number of hydrogen-bond donors (Lipinski definition) is 1. The van der Waals surface area contributed by atoms with Crippen molar-refractivity contribution >= 4 is 34.5 Å². The monoisotopic (exact) mass is 339 g/mol. The Bertz CT molecular complexity index is 612. The van der Waals surface area contributed by atoms with E-state index < -0.39 is 0 Å². The first-order valence-corrected chi connectivity index (χ1v) is 8.98. The molecular formula is C17H19Cl2NS. The van der Waals surface area contributed by atoms with Crippen LogP contribution >= 0.6 is 34.5 Å². The summed E-state index contributed by atoms with van der Waals surface area (Å²) >= 11 is 14.4. The summed E-state index contributed by atoms with van der Waals surface area (Å²) in [5.74, 6) is 0. The molecule has 0 saturated heterocycles. The van der Waals surface area contributed by atoms with E-state index >= 15 is 0 Å². The van der Waals surface area contributed by atoms with Crippen LogP contribution in [0.3, 0.4) is 0 Å². The van der Waals surface area contributed by atoms with E-state index in [4.69, 9.17) is 23.2 Å². The molecule has 1 aliphatic rings. The second kappa shape index (κ2) is 6.70. The maximum atomic E-state index is 6.33. The molecule has 4 heteroatoms. The minimum Gasteiger partial charge on any atom is -0.312 e. The summed E-state index contributed by atoms with van der Waals surface area (Å²) in [6.45, 7) is 0. The lowest BCUT2D eigenvalue weighted by atomic mass is 9.98. The van der Waals surface area contributed by atoms with Crippen LogP contribution in [0.15, 0.2) is 24.3 Å². The second-order valence-corrected chi connectivity index (χ2v) is 7.52. The molecule has 1 N–H and O–H groups in total. The van der Waals surface area contributed by atoms with E-state index in [1.807, 2.05) is 30.5 Å². The zero-order chi connectivity index (χ0) is 14.8. The Hall–Kier alpha value is -0.540. The second-order valence-electron chi connectivity index (χ2n) is 5.56. The third kappa shape index (κ3) is 3.29. The van der Waals surface area contributed by atoms with Gasteiger partial charge in [-0.05, 0) is 62.4 Å². The molecule has 1 aromatic carbocycles. The van der Waals surface area contributed by atoms with Gasteiger partial charge in [0.15, 0.2) is 0 Å². The highest BCUT2D eigenvalue weighted by molar-refractivity contribution is 7.12. The summed E-state index contributed by atoms with van der Waals surface area (Å²) in [5.41, 5.74) is 2.66. The highest BCUT2D eigenvalue weighted by Gasteiger charge is 2.19. The first kappa shape index (κ1) is 15.4. The first-order valence-electron chi connectivity index (χ1n) is 7.40. The van der Waals surface area contributed by atoms with Crippen molar-refractivity contribution < 1.29 is 0 Å². The van der Waals surface area contributed by atoms with Gasteiger partial charge in [-0.15, -0.1) is 11.3 Å². The van der Waals surface area contributed by atoms with Gasteiger partial charge in [-0.3, -0.25) is 0 Å². The minimum absolute atomic E-state index is 0.302. The molecule has 1 unspecified atom stereocenters. The highest BCUT2D eigenvalue weighted by atomic mass is 35.5. The summed E-state index contributed by atoms with van der Waals surface area (Å²) < 4.78 is 0. The summed E-state index contributed by atoms with van der Waals surface area (Å²) in [7, 11) is 2.02. The molecule has 3 rings (SSSR count). The average molecular weight is 340 g/mol. The summed E-state index contributed by atoms with van der Waals surface area (Å²) in [5, 5.41) is 4.75. The van der Waals surface area contributed by atoms with E-state index in [0.29, 0.717) is 16.1 Å². The molecule has 0 saturated carbocycles. The molecular weight excluding hydrogens is 321 g/mol. The number of fused-ring (bicyclic) bond motifs is 1. The largest absolute Gasteiger partial charge is 0.312 e. The van der Waals surface area contributed by atoms with E-state index in [-0.39, 0.29) is 0 Å². The summed E-state index contributed by atoms with van der Waals surface area (Å²) in [6, 6.07) is 8.56. The van der Waals surface area contributed by atoms with Crippen molar-refractivity contribution in [3.05, 3.63) is 55.2 Å². The molecule has 112 valence electrons. The lowest BCUT2D eigenvalue weighted by Gasteiger charge is -2.16. The molecule has 1 aromatic heterocycles. The van der Waals surface area contributed by atoms with Crippen LogP contribution in [0.25, 0.3) is 0 Å². The van der Waals surface area contributed by atoms with Crippen LogP contribution in [0.5, 0.6) is 0 Å². The molecule has 0 aliphatic heterocycles. The van der Waals surface area contributed by atoms with Gasteiger partial charge in [0.2, 0.25) is 0 Å². The van der Waals surface area contributed by atoms with Crippen molar-refractivity contribution in [1.82, 2.24) is 5.32 Å². The smallest absolute Gasteiger partial charge is 0.0624 e. The molecule has 1 heterocycles. The number of halogens is 2. The molecule has 1 atom stereocenters. The highest BCUT2D eigenvalue weighted by Crippen LogP contribution is 2.35. The summed E-state index contributed by atoms with van der Waals surface area (Å²) in [4.78, 5) is 2.99. The fourth-order valence-corrected chi connectivity index (χ4v) is 4.72. The molecule has 0 radical (unpaired) electrons. The molecule has 1 aliphatic carbocycles. The van der Waals surface area contributed by atoms with Crippen molar-refractivity contribution in [2.75, 3.05) is 7.05 Å². The van der Waals surface area contributed by atoms with Crippen LogP contribution in [0.1, 0.15) is 39.8 Å². The maximum absolute atomic E-state index is 6.33. The number of benzene rings is 1. The third-order valence-corrected chi connectivity index (χ3v) is 6.37. The molecule has 0 fully saturated rings. The lowest BCUT2D eigenvalue weighted by molar-refractivity contribution is 0.601. The van der Waals surface area contributed by atoms with E-state index in [9.17, 15) is 0 Å². The van der Waals surface area contributed by atoms with E-state index in [1.165, 1.54) is 30.6 Å². The van der Waals surface area contributed by atoms with Crippen LogP contribution in [0.4, 0.5) is 0 Å². The Morgan fingerprint density at radius 2 is 2.05 bits per heavy atom. The van der Waals surface area contributed by atoms with Crippen molar-refractivity contribution in [2.45, 2.75) is 38.1 Å². The van der Waals surface area contributed by atoms with Gasteiger partial charge in [0.25, 0.3) is 0 Å². The fourth-order valence-electron chi connectivity index (χ4n) is 2.96. The Kier molecular flexibility index (Phi) is 4.90. The van der Waals surface area contributed by atoms with Gasteiger partial charge in [-0.2, -0.15) is 0 Å². The Labute approximate surface area is 140 Å². The van der Waals surface area contributed by atoms with Crippen LogP contribution in [0, 0.1) is 0 Å². The molecule has 0 spiro atoms. The zero-order valence-corrected chi connectivity index (χ0v) is 14.4. The van der Waals surface area contributed by atoms with Gasteiger partial charge in [0, 0.05) is 15.8 Å². The number of nitrogens with one attached hydrogen (secondary N) is 1. The number of aryl methyl sites for hydroxylation is 2. The SMILES string of the molecule is CNC(Cc1cccc(Cl)c1Cl)c1cc2c(s1)CCCC2. The fraction of sp³-hybridized carbons (Fsp3) is 0.412. The molecule has 2 aromatic rings. The van der Waals surface area contributed by atoms with E-state index in [0.717, 1.165) is 12.0 Å². The normalized spacial score (nSPS) is 15.8. The Morgan fingerprint density at radius 1 is 1.24 bits per heavy atom. The van der Waals surface area contributed by atoms with Crippen molar-refractivity contribution in [3.63, 3.8) is 0 Å². The van der Waals surface area contributed by atoms with Gasteiger partial charge in [-0.1, -0.05) is 35.3 Å². The topological polar surface area (TPSA) is 12.0 Å². The third-order valence-electron chi connectivity index (χ3n) is 4.16. The Morgan fingerprint density at radius 3 is 2.81 bits per heavy atom. The minimum atomic E-state index is 0.302. The lowest BCUT2D eigenvalue weighted by Crippen LogP contribution is -2.17. The van der Waals surface area contributed by atoms with Crippen molar-refractivity contribution in [1.29, 1.82) is 0 Å². The number of likely N-dealkylation sites (N-methyl/N-ethyl adjacent to an activating group) is 1. The van der Waals surface area contributed by atoms with Crippen LogP contribution in [0.2, 0.25) is 10.0 Å². The maximum Gasteiger partial charge on any atom is 0.0624 e. The van der Waals surface area contributed by atoms with Crippen LogP contribution in [-0.4, -0.2) is 7.05 Å². The number of thiophene rings is 1. The predicted molar refractivity (Wildman–Crippen MR) is 92.9 cm³/mol. The van der Waals surface area contributed by atoms with Gasteiger partial charge in [-0.25, -0.2) is 0 Å². The first-order chi connectivity index (χ1) is 10.2. The zero-order valence-electron chi connectivity index (χ0n) is 12.1. The van der Waals surface area contributed by atoms with Gasteiger partial charge in [0.05, 0.1) is 10.0 Å². The van der Waals surface area contributed by atoms with Gasteiger partial charge in [0.1, 0.15) is 0 Å². The van der Waals surface area contributed by atoms with Crippen LogP contribution < -0.4 is 5.32 Å². The molecule has 0 bridgehead atoms. The molecule has 21 heavy (non-hydrogen) atoms. The number of rotatable bonds is 4. The van der Waals surface area contributed by atoms with Gasteiger partial charge < -0.3 is 5.32 Å². The summed E-state index contributed by atoms with van der Waals surface area (Å²) in [6.07, 6.45) is 6.01. The van der Waals surface area contributed by atoms with E-state index in [1.54, 1.807) is 10.4 Å². The van der Waals surface area contributed by atoms with Crippen molar-refractivity contribution in [3.8, 4) is 0 Å². The Balaban J connectivity index is 1.85. The quantitative estimate of drug-likeness (QED) is 0.782. The van der Waals surface area contributed by atoms with E-state index in [2.05, 4.69) is 17.4 Å². The standard InChI is InChI=1S/C17H19Cl2NS/c1-20-14(9-12-6-4-7-13(18)17(12)19)16-10-11-5-2-3-8-15(11)21-16/h4,6-7,10,14,20H,2-3,5,8-9H2,1H3. The van der Waals surface area contributed by atoms with Gasteiger partial charge >= 0.3 is 0 Å². The predicted octanol–water partition coefficient (Wildman–Crippen LogP) is 5.44. The molecule has 1 nitrogen and oxygen atoms in total. The molecule has 0 amide bonds. The van der Waals surface area contributed by atoms with Crippen LogP contribution in [-0.2, 0) is 19.3 Å².